The van der Waals surface area contributed by atoms with Gasteiger partial charge in [-0.2, -0.15) is 0 Å². The fourth-order valence-electron chi connectivity index (χ4n) is 1.54. The minimum Gasteiger partial charge on any atom is -0.359 e. The van der Waals surface area contributed by atoms with Gasteiger partial charge >= 0.3 is 0 Å². The molecule has 0 N–H and O–H groups in total. The maximum atomic E-state index is 11.4. The Labute approximate surface area is 72.1 Å². The number of hydrogen-bond donors (Lipinski definition) is 0. The number of carbonyl (C=O) groups is 2. The van der Waals surface area contributed by atoms with E-state index in [-0.39, 0.29) is 24.6 Å². The van der Waals surface area contributed by atoms with Gasteiger partial charge in [0.15, 0.2) is 11.6 Å². The molecule has 0 aromatic carbocycles. The average molecular weight is 170 g/mol. The van der Waals surface area contributed by atoms with Crippen molar-refractivity contribution in [1.29, 1.82) is 0 Å². The van der Waals surface area contributed by atoms with Crippen LogP contribution in [0.5, 0.6) is 0 Å². The minimum atomic E-state index is -0.659. The third kappa shape index (κ3) is 1.41. The van der Waals surface area contributed by atoms with Gasteiger partial charge in [-0.15, -0.1) is 0 Å². The Morgan fingerprint density at radius 2 is 1.92 bits per heavy atom. The molecule has 0 spiro atoms. The molecule has 0 unspecified atom stereocenters. The molecule has 0 amide bonds. The first kappa shape index (κ1) is 9.39. The van der Waals surface area contributed by atoms with Gasteiger partial charge in [0.05, 0.1) is 6.42 Å². The van der Waals surface area contributed by atoms with Gasteiger partial charge in [0.2, 0.25) is 0 Å². The summed E-state index contributed by atoms with van der Waals surface area (Å²) in [5.41, 5.74) is -0.659. The van der Waals surface area contributed by atoms with E-state index in [0.29, 0.717) is 12.8 Å². The van der Waals surface area contributed by atoms with Gasteiger partial charge in [-0.3, -0.25) is 9.59 Å². The Morgan fingerprint density at radius 1 is 1.33 bits per heavy atom. The zero-order valence-electron chi connectivity index (χ0n) is 7.55. The largest absolute Gasteiger partial charge is 0.359 e. The molecule has 0 aromatic heterocycles. The number of rotatable bonds is 2. The molecule has 1 heterocycles. The fourth-order valence-corrected chi connectivity index (χ4v) is 1.54. The quantitative estimate of drug-likeness (QED) is 0.583. The zero-order chi connectivity index (χ0) is 9.19. The molecule has 1 aliphatic heterocycles. The van der Waals surface area contributed by atoms with Crippen molar-refractivity contribution >= 4 is 11.6 Å². The van der Waals surface area contributed by atoms with Crippen molar-refractivity contribution in [3.63, 3.8) is 0 Å². The lowest BCUT2D eigenvalue weighted by Gasteiger charge is -2.33. The molecule has 0 saturated carbocycles. The second-order valence-electron chi connectivity index (χ2n) is 3.13. The second kappa shape index (κ2) is 3.35. The zero-order valence-corrected chi connectivity index (χ0v) is 7.55. The number of hydrogen-bond acceptors (Lipinski definition) is 3. The van der Waals surface area contributed by atoms with Crippen LogP contribution in [-0.2, 0) is 14.3 Å². The standard InChI is InChI=1S/C9H14O3/c1-3-9(4-2)8(11)5-7(10)6-12-9/h3-6H2,1-2H3. The number of ketones is 2. The molecule has 0 aliphatic carbocycles. The monoisotopic (exact) mass is 170 g/mol. The summed E-state index contributed by atoms with van der Waals surface area (Å²) in [6.07, 6.45) is 1.38. The summed E-state index contributed by atoms with van der Waals surface area (Å²) in [4.78, 5) is 22.3. The Balaban J connectivity index is 2.77. The molecule has 3 heteroatoms. The van der Waals surface area contributed by atoms with Crippen molar-refractivity contribution in [2.24, 2.45) is 0 Å². The third-order valence-electron chi connectivity index (χ3n) is 2.52. The maximum absolute atomic E-state index is 11.4. The molecular weight excluding hydrogens is 156 g/mol. The highest BCUT2D eigenvalue weighted by atomic mass is 16.5. The van der Waals surface area contributed by atoms with Crippen LogP contribution >= 0.6 is 0 Å². The molecule has 1 fully saturated rings. The van der Waals surface area contributed by atoms with Crippen molar-refractivity contribution in [3.05, 3.63) is 0 Å². The van der Waals surface area contributed by atoms with Crippen molar-refractivity contribution < 1.29 is 14.3 Å². The summed E-state index contributed by atoms with van der Waals surface area (Å²) < 4.78 is 5.29. The van der Waals surface area contributed by atoms with Crippen LogP contribution in [0.15, 0.2) is 0 Å². The van der Waals surface area contributed by atoms with Crippen LogP contribution in [0.2, 0.25) is 0 Å². The van der Waals surface area contributed by atoms with Crippen LogP contribution < -0.4 is 0 Å². The molecule has 3 nitrogen and oxygen atoms in total. The molecule has 12 heavy (non-hydrogen) atoms. The summed E-state index contributed by atoms with van der Waals surface area (Å²) in [6.45, 7) is 3.93. The lowest BCUT2D eigenvalue weighted by atomic mass is 9.87. The molecule has 0 radical (unpaired) electrons. The lowest BCUT2D eigenvalue weighted by Crippen LogP contribution is -2.47. The number of Topliss-reactive ketones (excluding diaryl/α,β-unsaturated/α-hetero) is 2. The van der Waals surface area contributed by atoms with Gasteiger partial charge in [-0.05, 0) is 12.8 Å². The van der Waals surface area contributed by atoms with E-state index < -0.39 is 5.60 Å². The van der Waals surface area contributed by atoms with E-state index in [0.717, 1.165) is 0 Å². The minimum absolute atomic E-state index is 0.0521. The van der Waals surface area contributed by atoms with Crippen LogP contribution in [0.25, 0.3) is 0 Å². The Hall–Kier alpha value is -0.700. The van der Waals surface area contributed by atoms with E-state index in [1.165, 1.54) is 0 Å². The first-order valence-corrected chi connectivity index (χ1v) is 4.33. The van der Waals surface area contributed by atoms with E-state index in [4.69, 9.17) is 4.74 Å². The normalized spacial score (nSPS) is 22.8. The van der Waals surface area contributed by atoms with Crippen molar-refractivity contribution in [2.75, 3.05) is 6.61 Å². The molecule has 1 saturated heterocycles. The van der Waals surface area contributed by atoms with Gasteiger partial charge in [-0.1, -0.05) is 13.8 Å². The molecule has 68 valence electrons. The van der Waals surface area contributed by atoms with Crippen LogP contribution in [0.4, 0.5) is 0 Å². The van der Waals surface area contributed by atoms with E-state index >= 15 is 0 Å². The van der Waals surface area contributed by atoms with Crippen LogP contribution in [0.1, 0.15) is 33.1 Å². The van der Waals surface area contributed by atoms with E-state index in [9.17, 15) is 9.59 Å². The number of ether oxygens (including phenoxy) is 1. The topological polar surface area (TPSA) is 43.4 Å². The highest BCUT2D eigenvalue weighted by Gasteiger charge is 2.40. The average Bonchev–Trinajstić information content (AvgIpc) is 2.06. The van der Waals surface area contributed by atoms with Crippen LogP contribution in [-0.4, -0.2) is 23.8 Å². The van der Waals surface area contributed by atoms with E-state index in [1.807, 2.05) is 13.8 Å². The first-order valence-electron chi connectivity index (χ1n) is 4.33. The predicted octanol–water partition coefficient (Wildman–Crippen LogP) is 1.10. The van der Waals surface area contributed by atoms with Gasteiger partial charge in [0.1, 0.15) is 12.2 Å². The highest BCUT2D eigenvalue weighted by Crippen LogP contribution is 2.26. The molecule has 1 rings (SSSR count). The lowest BCUT2D eigenvalue weighted by molar-refractivity contribution is -0.160. The first-order chi connectivity index (χ1) is 5.64. The summed E-state index contributed by atoms with van der Waals surface area (Å²) in [5.74, 6) is -0.152. The van der Waals surface area contributed by atoms with Crippen molar-refractivity contribution in [3.8, 4) is 0 Å². The summed E-state index contributed by atoms with van der Waals surface area (Å²) in [6, 6.07) is 0. The van der Waals surface area contributed by atoms with Crippen LogP contribution in [0.3, 0.4) is 0 Å². The summed E-state index contributed by atoms with van der Waals surface area (Å²) in [5, 5.41) is 0. The van der Waals surface area contributed by atoms with Crippen molar-refractivity contribution in [2.45, 2.75) is 38.7 Å². The molecule has 1 aliphatic rings. The van der Waals surface area contributed by atoms with E-state index in [2.05, 4.69) is 0 Å². The Morgan fingerprint density at radius 3 is 2.33 bits per heavy atom. The van der Waals surface area contributed by atoms with Crippen molar-refractivity contribution in [1.82, 2.24) is 0 Å². The molecular formula is C9H14O3. The smallest absolute Gasteiger partial charge is 0.172 e. The van der Waals surface area contributed by atoms with Gasteiger partial charge < -0.3 is 4.74 Å². The summed E-state index contributed by atoms with van der Waals surface area (Å²) >= 11 is 0. The van der Waals surface area contributed by atoms with Gasteiger partial charge in [0, 0.05) is 0 Å². The summed E-state index contributed by atoms with van der Waals surface area (Å²) in [7, 11) is 0. The molecule has 0 bridgehead atoms. The SMILES string of the molecule is CCC1(CC)OCC(=O)CC1=O. The third-order valence-corrected chi connectivity index (χ3v) is 2.52. The predicted molar refractivity (Wildman–Crippen MR) is 43.9 cm³/mol. The van der Waals surface area contributed by atoms with E-state index in [1.54, 1.807) is 0 Å². The second-order valence-corrected chi connectivity index (χ2v) is 3.13. The molecule has 0 atom stereocenters. The van der Waals surface area contributed by atoms with Crippen LogP contribution in [0, 0.1) is 0 Å². The van der Waals surface area contributed by atoms with Gasteiger partial charge in [-0.25, -0.2) is 0 Å². The molecule has 0 aromatic rings. The Bertz CT molecular complexity index is 204. The highest BCUT2D eigenvalue weighted by molar-refractivity contribution is 6.05. The Kier molecular flexibility index (Phi) is 2.62. The number of carbonyl (C=O) groups excluding carboxylic acids is 2. The van der Waals surface area contributed by atoms with Gasteiger partial charge in [0.25, 0.3) is 0 Å². The maximum Gasteiger partial charge on any atom is 0.172 e. The fraction of sp³-hybridized carbons (Fsp3) is 0.778.